The van der Waals surface area contributed by atoms with Crippen molar-refractivity contribution in [2.75, 3.05) is 5.73 Å². The Morgan fingerprint density at radius 3 is 3.00 bits per heavy atom. The van der Waals surface area contributed by atoms with Crippen LogP contribution in [-0.4, -0.2) is 24.5 Å². The molecule has 0 fully saturated rings. The Hall–Kier alpha value is -1.72. The molecule has 6 heteroatoms. The minimum atomic E-state index is 0.264. The fourth-order valence-electron chi connectivity index (χ4n) is 0.819. The maximum absolute atomic E-state index is 8.95. The molecule has 52 valence electrons. The van der Waals surface area contributed by atoms with Crippen molar-refractivity contribution in [3.63, 3.8) is 0 Å². The van der Waals surface area contributed by atoms with Crippen LogP contribution in [0, 0.1) is 0 Å². The first-order chi connectivity index (χ1) is 4.79. The van der Waals surface area contributed by atoms with Gasteiger partial charge < -0.3 is 10.9 Å². The number of nitrogen functional groups attached to an aromatic ring is 1. The second kappa shape index (κ2) is 1.41. The Kier molecular flexibility index (Phi) is 0.717. The molecule has 2 aromatic rings. The van der Waals surface area contributed by atoms with Crippen molar-refractivity contribution in [3.05, 3.63) is 12.7 Å². The van der Waals surface area contributed by atoms with Gasteiger partial charge in [-0.15, -0.1) is 5.10 Å². The number of fused-ring (bicyclic) bond motifs is 1. The van der Waals surface area contributed by atoms with Crippen LogP contribution in [0.2, 0.25) is 0 Å². The Labute approximate surface area is 55.5 Å². The van der Waals surface area contributed by atoms with Crippen LogP contribution in [0.1, 0.15) is 0 Å². The van der Waals surface area contributed by atoms with Crippen LogP contribution in [-0.2, 0) is 0 Å². The molecule has 0 aromatic carbocycles. The van der Waals surface area contributed by atoms with Gasteiger partial charge in [-0.25, -0.2) is 4.98 Å². The van der Waals surface area contributed by atoms with E-state index in [1.165, 1.54) is 17.1 Å². The van der Waals surface area contributed by atoms with Crippen LogP contribution in [0.15, 0.2) is 12.7 Å². The number of aromatic nitrogens is 4. The van der Waals surface area contributed by atoms with E-state index in [1.807, 2.05) is 0 Å². The Morgan fingerprint density at radius 1 is 1.50 bits per heavy atom. The van der Waals surface area contributed by atoms with Crippen LogP contribution in [0.3, 0.4) is 0 Å². The third-order valence-electron chi connectivity index (χ3n) is 1.27. The van der Waals surface area contributed by atoms with Gasteiger partial charge in [-0.1, -0.05) is 4.85 Å². The van der Waals surface area contributed by atoms with Gasteiger partial charge in [-0.2, -0.15) is 0 Å². The highest BCUT2D eigenvalue weighted by Crippen LogP contribution is 2.07. The lowest BCUT2D eigenvalue weighted by Gasteiger charge is -1.86. The molecule has 3 N–H and O–H groups in total. The molecule has 0 aliphatic carbocycles. The minimum absolute atomic E-state index is 0.264. The van der Waals surface area contributed by atoms with E-state index in [0.29, 0.717) is 10.5 Å². The summed E-state index contributed by atoms with van der Waals surface area (Å²) >= 11 is 0. The van der Waals surface area contributed by atoms with Crippen molar-refractivity contribution in [2.45, 2.75) is 0 Å². The van der Waals surface area contributed by atoms with E-state index in [0.717, 1.165) is 0 Å². The molecular formula is C4H5N5O. The van der Waals surface area contributed by atoms with Crippen LogP contribution in [0.25, 0.3) is 5.65 Å². The normalized spacial score (nSPS) is 10.8. The average Bonchev–Trinajstić information content (AvgIpc) is 2.40. The standard InChI is InChI=1S/C4H5N5O/c5-3-4-8(1-6-3)2-7-9(4)10/h1-2,10H,5H2. The van der Waals surface area contributed by atoms with Crippen LogP contribution < -0.4 is 5.73 Å². The molecule has 0 saturated carbocycles. The van der Waals surface area contributed by atoms with Gasteiger partial charge in [0.25, 0.3) is 0 Å². The third kappa shape index (κ3) is 0.426. The van der Waals surface area contributed by atoms with Crippen LogP contribution in [0.4, 0.5) is 5.82 Å². The first-order valence-corrected chi connectivity index (χ1v) is 2.64. The van der Waals surface area contributed by atoms with Crippen LogP contribution in [0.5, 0.6) is 0 Å². The zero-order chi connectivity index (χ0) is 7.14. The molecular weight excluding hydrogens is 134 g/mol. The lowest BCUT2D eigenvalue weighted by molar-refractivity contribution is 0.161. The van der Waals surface area contributed by atoms with E-state index >= 15 is 0 Å². The van der Waals surface area contributed by atoms with E-state index < -0.39 is 0 Å². The van der Waals surface area contributed by atoms with Gasteiger partial charge in [-0.05, 0) is 0 Å². The molecule has 6 nitrogen and oxygen atoms in total. The monoisotopic (exact) mass is 139 g/mol. The van der Waals surface area contributed by atoms with Crippen molar-refractivity contribution < 1.29 is 5.21 Å². The molecule has 2 heterocycles. The van der Waals surface area contributed by atoms with Gasteiger partial charge in [0.15, 0.2) is 5.82 Å². The molecule has 0 spiro atoms. The number of nitrogens with zero attached hydrogens (tertiary/aromatic N) is 4. The molecule has 0 aliphatic heterocycles. The first kappa shape index (κ1) is 5.10. The highest BCUT2D eigenvalue weighted by Gasteiger charge is 2.04. The summed E-state index contributed by atoms with van der Waals surface area (Å²) in [4.78, 5) is 4.42. The SMILES string of the molecule is Nc1ncn2cnn(O)c12. The minimum Gasteiger partial charge on any atom is -0.410 e. The van der Waals surface area contributed by atoms with Gasteiger partial charge in [0.2, 0.25) is 5.65 Å². The summed E-state index contributed by atoms with van der Waals surface area (Å²) < 4.78 is 1.52. The second-order valence-electron chi connectivity index (χ2n) is 1.88. The summed E-state index contributed by atoms with van der Waals surface area (Å²) in [6.45, 7) is 0. The molecule has 0 amide bonds. The predicted octanol–water partition coefficient (Wildman–Crippen LogP) is -0.650. The summed E-state index contributed by atoms with van der Waals surface area (Å²) in [7, 11) is 0. The van der Waals surface area contributed by atoms with E-state index in [4.69, 9.17) is 10.9 Å². The zero-order valence-corrected chi connectivity index (χ0v) is 4.97. The zero-order valence-electron chi connectivity index (χ0n) is 4.97. The molecule has 10 heavy (non-hydrogen) atoms. The van der Waals surface area contributed by atoms with Gasteiger partial charge >= 0.3 is 0 Å². The van der Waals surface area contributed by atoms with Gasteiger partial charge in [-0.3, -0.25) is 4.40 Å². The van der Waals surface area contributed by atoms with E-state index in [-0.39, 0.29) is 5.82 Å². The number of anilines is 1. The number of hydrogen-bond donors (Lipinski definition) is 2. The third-order valence-corrected chi connectivity index (χ3v) is 1.27. The first-order valence-electron chi connectivity index (χ1n) is 2.64. The summed E-state index contributed by atoms with van der Waals surface area (Å²) in [5.74, 6) is 0.264. The maximum atomic E-state index is 8.95. The topological polar surface area (TPSA) is 81.4 Å². The Bertz CT molecular complexity index is 329. The fourth-order valence-corrected chi connectivity index (χ4v) is 0.819. The molecule has 0 unspecified atom stereocenters. The highest BCUT2D eigenvalue weighted by atomic mass is 16.5. The van der Waals surface area contributed by atoms with Crippen LogP contribution >= 0.6 is 0 Å². The molecule has 2 aromatic heterocycles. The molecule has 0 saturated heterocycles. The largest absolute Gasteiger partial charge is 0.410 e. The Morgan fingerprint density at radius 2 is 2.30 bits per heavy atom. The van der Waals surface area contributed by atoms with E-state index in [2.05, 4.69) is 10.1 Å². The number of rotatable bonds is 0. The summed E-state index contributed by atoms with van der Waals surface area (Å²) in [6.07, 6.45) is 2.89. The summed E-state index contributed by atoms with van der Waals surface area (Å²) in [5, 5.41) is 12.5. The predicted molar refractivity (Wildman–Crippen MR) is 32.6 cm³/mol. The van der Waals surface area contributed by atoms with E-state index in [1.54, 1.807) is 0 Å². The number of nitrogens with two attached hydrogens (primary N) is 1. The average molecular weight is 139 g/mol. The fraction of sp³-hybridized carbons (Fsp3) is 0. The summed E-state index contributed by atoms with van der Waals surface area (Å²) in [6, 6.07) is 0. The quantitative estimate of drug-likeness (QED) is 0.475. The molecule has 0 aliphatic rings. The smallest absolute Gasteiger partial charge is 0.219 e. The molecule has 2 rings (SSSR count). The number of imidazole rings is 1. The lowest BCUT2D eigenvalue weighted by Crippen LogP contribution is -1.95. The number of hydrogen-bond acceptors (Lipinski definition) is 4. The molecule has 0 bridgehead atoms. The second-order valence-corrected chi connectivity index (χ2v) is 1.88. The van der Waals surface area contributed by atoms with Crippen molar-refractivity contribution >= 4 is 11.5 Å². The molecule has 0 radical (unpaired) electrons. The van der Waals surface area contributed by atoms with Gasteiger partial charge in [0, 0.05) is 0 Å². The maximum Gasteiger partial charge on any atom is 0.219 e. The van der Waals surface area contributed by atoms with Gasteiger partial charge in [0.05, 0.1) is 0 Å². The van der Waals surface area contributed by atoms with Gasteiger partial charge in [0.1, 0.15) is 12.7 Å². The van der Waals surface area contributed by atoms with Crippen molar-refractivity contribution in [1.29, 1.82) is 0 Å². The van der Waals surface area contributed by atoms with Crippen molar-refractivity contribution in [3.8, 4) is 0 Å². The van der Waals surface area contributed by atoms with Crippen molar-refractivity contribution in [1.82, 2.24) is 19.3 Å². The summed E-state index contributed by atoms with van der Waals surface area (Å²) in [5.41, 5.74) is 5.76. The highest BCUT2D eigenvalue weighted by molar-refractivity contribution is 5.59. The van der Waals surface area contributed by atoms with Crippen molar-refractivity contribution in [2.24, 2.45) is 0 Å². The Balaban J connectivity index is 2.98. The molecule has 0 atom stereocenters. The van der Waals surface area contributed by atoms with E-state index in [9.17, 15) is 0 Å². The lowest BCUT2D eigenvalue weighted by atomic mass is 10.7.